The highest BCUT2D eigenvalue weighted by Crippen LogP contribution is 2.33. The monoisotopic (exact) mass is 292 g/mol. The van der Waals surface area contributed by atoms with Crippen LogP contribution in [-0.2, 0) is 0 Å². The Morgan fingerprint density at radius 2 is 2.35 bits per heavy atom. The summed E-state index contributed by atoms with van der Waals surface area (Å²) < 4.78 is 7.17. The highest BCUT2D eigenvalue weighted by molar-refractivity contribution is 7.17. The first kappa shape index (κ1) is 13.6. The van der Waals surface area contributed by atoms with Gasteiger partial charge < -0.3 is 4.74 Å². The summed E-state index contributed by atoms with van der Waals surface area (Å²) >= 11 is 1.61. The lowest BCUT2D eigenvalue weighted by atomic mass is 9.85. The largest absolute Gasteiger partial charge is 0.473 e. The van der Waals surface area contributed by atoms with Crippen molar-refractivity contribution < 1.29 is 4.74 Å². The summed E-state index contributed by atoms with van der Waals surface area (Å²) in [6.07, 6.45) is 6.29. The lowest BCUT2D eigenvalue weighted by molar-refractivity contribution is 0.119. The van der Waals surface area contributed by atoms with E-state index in [1.54, 1.807) is 11.3 Å². The average molecular weight is 292 g/mol. The summed E-state index contributed by atoms with van der Waals surface area (Å²) in [7, 11) is 0. The van der Waals surface area contributed by atoms with Gasteiger partial charge in [0.1, 0.15) is 10.8 Å². The molecule has 6 heteroatoms. The minimum absolute atomic E-state index is 0.263. The maximum Gasteiger partial charge on any atom is 0.241 e. The van der Waals surface area contributed by atoms with E-state index in [4.69, 9.17) is 10.6 Å². The van der Waals surface area contributed by atoms with Crippen LogP contribution in [0.3, 0.4) is 0 Å². The van der Waals surface area contributed by atoms with Gasteiger partial charge in [-0.15, -0.1) is 11.3 Å². The third-order valence-electron chi connectivity index (χ3n) is 3.99. The maximum atomic E-state index is 6.17. The molecule has 1 aliphatic carbocycles. The Morgan fingerprint density at radius 3 is 3.15 bits per heavy atom. The summed E-state index contributed by atoms with van der Waals surface area (Å²) in [5, 5.41) is 2.00. The molecule has 0 bridgehead atoms. The highest BCUT2D eigenvalue weighted by Gasteiger charge is 2.23. The van der Waals surface area contributed by atoms with Gasteiger partial charge in [-0.2, -0.15) is 4.98 Å². The van der Waals surface area contributed by atoms with Crippen LogP contribution in [0.25, 0.3) is 10.2 Å². The number of anilines is 1. The van der Waals surface area contributed by atoms with E-state index >= 15 is 0 Å². The molecule has 2 atom stereocenters. The van der Waals surface area contributed by atoms with Gasteiger partial charge in [-0.25, -0.2) is 10.8 Å². The molecule has 20 heavy (non-hydrogen) atoms. The van der Waals surface area contributed by atoms with Crippen molar-refractivity contribution in [2.75, 3.05) is 5.43 Å². The van der Waals surface area contributed by atoms with E-state index in [0.29, 0.717) is 11.8 Å². The SMILES string of the molecule is CCC1CCCC(Oc2nc(NN)nc3ccsc23)C1. The molecule has 1 fully saturated rings. The second kappa shape index (κ2) is 5.93. The number of rotatable bonds is 4. The fourth-order valence-electron chi connectivity index (χ4n) is 2.86. The zero-order valence-corrected chi connectivity index (χ0v) is 12.4. The number of fused-ring (bicyclic) bond motifs is 1. The van der Waals surface area contributed by atoms with Crippen LogP contribution in [0.15, 0.2) is 11.4 Å². The topological polar surface area (TPSA) is 73.1 Å². The minimum atomic E-state index is 0.263. The zero-order chi connectivity index (χ0) is 13.9. The van der Waals surface area contributed by atoms with Crippen LogP contribution in [0.4, 0.5) is 5.95 Å². The van der Waals surface area contributed by atoms with Crippen LogP contribution in [0.5, 0.6) is 5.88 Å². The molecule has 1 saturated carbocycles. The van der Waals surface area contributed by atoms with Gasteiger partial charge in [0.2, 0.25) is 11.8 Å². The number of aromatic nitrogens is 2. The Balaban J connectivity index is 1.84. The fourth-order valence-corrected chi connectivity index (χ4v) is 3.62. The third-order valence-corrected chi connectivity index (χ3v) is 4.88. The first-order valence-electron chi connectivity index (χ1n) is 7.18. The van der Waals surface area contributed by atoms with Crippen LogP contribution in [0.2, 0.25) is 0 Å². The molecule has 2 heterocycles. The molecular weight excluding hydrogens is 272 g/mol. The number of nitrogens with one attached hydrogen (secondary N) is 1. The molecule has 108 valence electrons. The average Bonchev–Trinajstić information content (AvgIpc) is 2.96. The van der Waals surface area contributed by atoms with E-state index in [2.05, 4.69) is 22.3 Å². The molecule has 0 radical (unpaired) electrons. The van der Waals surface area contributed by atoms with Crippen LogP contribution < -0.4 is 16.0 Å². The summed E-state index contributed by atoms with van der Waals surface area (Å²) in [5.41, 5.74) is 3.39. The first-order chi connectivity index (χ1) is 9.80. The number of nitrogens with two attached hydrogens (primary N) is 1. The predicted octanol–water partition coefficient (Wildman–Crippen LogP) is 3.32. The molecule has 0 saturated heterocycles. The smallest absolute Gasteiger partial charge is 0.241 e. The predicted molar refractivity (Wildman–Crippen MR) is 81.9 cm³/mol. The van der Waals surface area contributed by atoms with Crippen LogP contribution >= 0.6 is 11.3 Å². The standard InChI is InChI=1S/C14H20N4OS/c1-2-9-4-3-5-10(8-9)19-13-12-11(6-7-20-12)16-14(17-13)18-15/h6-7,9-10H,2-5,8,15H2,1H3,(H,16,17,18). The van der Waals surface area contributed by atoms with Crippen LogP contribution in [-0.4, -0.2) is 16.1 Å². The van der Waals surface area contributed by atoms with E-state index in [-0.39, 0.29) is 6.10 Å². The van der Waals surface area contributed by atoms with Crippen LogP contribution in [0, 0.1) is 5.92 Å². The second-order valence-electron chi connectivity index (χ2n) is 5.31. The van der Waals surface area contributed by atoms with Crippen molar-refractivity contribution in [1.29, 1.82) is 0 Å². The Hall–Kier alpha value is -1.40. The number of nitrogen functional groups attached to an aromatic ring is 1. The molecule has 0 amide bonds. The van der Waals surface area contributed by atoms with E-state index in [0.717, 1.165) is 29.0 Å². The van der Waals surface area contributed by atoms with Crippen molar-refractivity contribution in [2.24, 2.45) is 11.8 Å². The molecule has 0 aliphatic heterocycles. The van der Waals surface area contributed by atoms with Crippen molar-refractivity contribution in [3.8, 4) is 5.88 Å². The molecular formula is C14H20N4OS. The summed E-state index contributed by atoms with van der Waals surface area (Å²) in [5.74, 6) is 7.28. The molecule has 2 unspecified atom stereocenters. The number of hydrazine groups is 1. The lowest BCUT2D eigenvalue weighted by Gasteiger charge is -2.28. The number of ether oxygens (including phenoxy) is 1. The van der Waals surface area contributed by atoms with Gasteiger partial charge in [-0.1, -0.05) is 19.8 Å². The molecule has 3 rings (SSSR count). The number of hydrogen-bond acceptors (Lipinski definition) is 6. The van der Waals surface area contributed by atoms with Crippen molar-refractivity contribution in [3.63, 3.8) is 0 Å². The van der Waals surface area contributed by atoms with Crippen molar-refractivity contribution in [2.45, 2.75) is 45.1 Å². The van der Waals surface area contributed by atoms with Gasteiger partial charge in [0.05, 0.1) is 5.52 Å². The van der Waals surface area contributed by atoms with Crippen molar-refractivity contribution in [3.05, 3.63) is 11.4 Å². The second-order valence-corrected chi connectivity index (χ2v) is 6.23. The molecule has 1 aliphatic rings. The molecule has 0 aromatic carbocycles. The number of nitrogens with zero attached hydrogens (tertiary/aromatic N) is 2. The summed E-state index contributed by atoms with van der Waals surface area (Å²) in [6.45, 7) is 2.26. The number of thiophene rings is 1. The van der Waals surface area contributed by atoms with Crippen LogP contribution in [0.1, 0.15) is 39.0 Å². The highest BCUT2D eigenvalue weighted by atomic mass is 32.1. The van der Waals surface area contributed by atoms with E-state index < -0.39 is 0 Å². The Bertz CT molecular complexity index is 586. The van der Waals surface area contributed by atoms with Gasteiger partial charge in [0.25, 0.3) is 0 Å². The van der Waals surface area contributed by atoms with Gasteiger partial charge in [-0.3, -0.25) is 5.43 Å². The molecule has 2 aromatic rings. The van der Waals surface area contributed by atoms with Crippen molar-refractivity contribution in [1.82, 2.24) is 9.97 Å². The maximum absolute atomic E-state index is 6.17. The Labute approximate surface area is 122 Å². The summed E-state index contributed by atoms with van der Waals surface area (Å²) in [6, 6.07) is 1.96. The molecule has 3 N–H and O–H groups in total. The van der Waals surface area contributed by atoms with Gasteiger partial charge in [-0.05, 0) is 36.6 Å². The Morgan fingerprint density at radius 1 is 1.45 bits per heavy atom. The molecule has 5 nitrogen and oxygen atoms in total. The quantitative estimate of drug-likeness (QED) is 0.668. The van der Waals surface area contributed by atoms with Gasteiger partial charge in [0, 0.05) is 0 Å². The zero-order valence-electron chi connectivity index (χ0n) is 11.6. The normalized spacial score (nSPS) is 22.9. The van der Waals surface area contributed by atoms with E-state index in [1.165, 1.54) is 19.3 Å². The van der Waals surface area contributed by atoms with Crippen molar-refractivity contribution >= 4 is 27.5 Å². The number of hydrogen-bond donors (Lipinski definition) is 2. The van der Waals surface area contributed by atoms with E-state index in [9.17, 15) is 0 Å². The minimum Gasteiger partial charge on any atom is -0.473 e. The molecule has 0 spiro atoms. The third kappa shape index (κ3) is 2.71. The van der Waals surface area contributed by atoms with E-state index in [1.807, 2.05) is 11.4 Å². The van der Waals surface area contributed by atoms with Gasteiger partial charge in [0.15, 0.2) is 0 Å². The first-order valence-corrected chi connectivity index (χ1v) is 8.06. The summed E-state index contributed by atoms with van der Waals surface area (Å²) in [4.78, 5) is 8.70. The molecule has 2 aromatic heterocycles. The Kier molecular flexibility index (Phi) is 4.03. The lowest BCUT2D eigenvalue weighted by Crippen LogP contribution is -2.25. The fraction of sp³-hybridized carbons (Fsp3) is 0.571. The van der Waals surface area contributed by atoms with Gasteiger partial charge >= 0.3 is 0 Å².